The third-order valence-electron chi connectivity index (χ3n) is 2.95. The van der Waals surface area contributed by atoms with Gasteiger partial charge in [-0.15, -0.1) is 0 Å². The molecule has 3 N–H and O–H groups in total. The molecule has 0 unspecified atom stereocenters. The number of rotatable bonds is 8. The average molecular weight is 284 g/mol. The largest absolute Gasteiger partial charge is 0.395 e. The lowest BCUT2D eigenvalue weighted by Crippen LogP contribution is -2.27. The molecule has 0 atom stereocenters. The predicted octanol–water partition coefficient (Wildman–Crippen LogP) is 2.05. The molecule has 5 heteroatoms. The van der Waals surface area contributed by atoms with Crippen molar-refractivity contribution in [3.05, 3.63) is 35.1 Å². The van der Waals surface area contributed by atoms with Crippen LogP contribution in [0.15, 0.2) is 18.2 Å². The number of hydrogen-bond donors (Lipinski definition) is 2. The molecule has 1 aromatic rings. The molecule has 0 aliphatic carbocycles. The summed E-state index contributed by atoms with van der Waals surface area (Å²) in [5.74, 6) is -0.390. The van der Waals surface area contributed by atoms with Crippen molar-refractivity contribution in [1.82, 2.24) is 4.90 Å². The number of unbranched alkanes of at least 4 members (excludes halogenated alkanes) is 1. The van der Waals surface area contributed by atoms with E-state index in [1.807, 2.05) is 0 Å². The number of nitrogens with two attached hydrogens (primary N) is 1. The molecule has 106 valence electrons. The summed E-state index contributed by atoms with van der Waals surface area (Å²) in [6.07, 6.45) is 2.17. The zero-order chi connectivity index (χ0) is 14.3. The van der Waals surface area contributed by atoms with Crippen LogP contribution in [-0.4, -0.2) is 34.7 Å². The molecule has 1 aromatic carbocycles. The maximum Gasteiger partial charge on any atom is 0.133 e. The summed E-state index contributed by atoms with van der Waals surface area (Å²) in [6, 6.07) is 4.81. The lowest BCUT2D eigenvalue weighted by Gasteiger charge is -2.21. The zero-order valence-electron chi connectivity index (χ0n) is 11.2. The van der Waals surface area contributed by atoms with Crippen LogP contribution in [-0.2, 0) is 6.54 Å². The van der Waals surface area contributed by atoms with Gasteiger partial charge in [0.15, 0.2) is 0 Å². The first-order valence-corrected chi connectivity index (χ1v) is 6.90. The molecule has 0 spiro atoms. The number of hydrogen-bond acceptors (Lipinski definition) is 3. The van der Waals surface area contributed by atoms with Gasteiger partial charge >= 0.3 is 0 Å². The van der Waals surface area contributed by atoms with Crippen molar-refractivity contribution in [3.8, 4) is 0 Å². The number of benzene rings is 1. The fourth-order valence-corrected chi connectivity index (χ4v) is 2.07. The second kappa shape index (κ2) is 8.19. The van der Waals surface area contributed by atoms with Gasteiger partial charge in [0.25, 0.3) is 0 Å². The normalized spacial score (nSPS) is 10.9. The Morgan fingerprint density at radius 1 is 1.42 bits per heavy atom. The van der Waals surface area contributed by atoms with Crippen LogP contribution >= 0.6 is 12.2 Å². The quantitative estimate of drug-likeness (QED) is 0.717. The van der Waals surface area contributed by atoms with Crippen molar-refractivity contribution in [3.63, 3.8) is 0 Å². The smallest absolute Gasteiger partial charge is 0.133 e. The molecule has 0 radical (unpaired) electrons. The maximum absolute atomic E-state index is 13.5. The molecule has 0 heterocycles. The molecule has 0 aliphatic rings. The summed E-state index contributed by atoms with van der Waals surface area (Å²) in [4.78, 5) is 2.21. The lowest BCUT2D eigenvalue weighted by molar-refractivity contribution is 0.188. The van der Waals surface area contributed by atoms with Crippen molar-refractivity contribution < 1.29 is 9.50 Å². The summed E-state index contributed by atoms with van der Waals surface area (Å²) >= 11 is 4.83. The molecule has 1 rings (SSSR count). The first kappa shape index (κ1) is 16.0. The molecule has 0 aromatic heterocycles. The Morgan fingerprint density at radius 3 is 2.74 bits per heavy atom. The highest BCUT2D eigenvalue weighted by molar-refractivity contribution is 7.80. The Hall–Kier alpha value is -1.04. The fourth-order valence-electron chi connectivity index (χ4n) is 1.91. The summed E-state index contributed by atoms with van der Waals surface area (Å²) in [7, 11) is 0. The highest BCUT2D eigenvalue weighted by Crippen LogP contribution is 2.13. The number of halogens is 1. The van der Waals surface area contributed by atoms with Gasteiger partial charge in [0.1, 0.15) is 10.8 Å². The number of thiocarbonyl (C=S) groups is 1. The van der Waals surface area contributed by atoms with Gasteiger partial charge in [-0.25, -0.2) is 4.39 Å². The maximum atomic E-state index is 13.5. The second-order valence-electron chi connectivity index (χ2n) is 4.53. The van der Waals surface area contributed by atoms with Gasteiger partial charge in [0.05, 0.1) is 6.61 Å². The highest BCUT2D eigenvalue weighted by atomic mass is 32.1. The van der Waals surface area contributed by atoms with Crippen LogP contribution in [0, 0.1) is 5.82 Å². The summed E-state index contributed by atoms with van der Waals surface area (Å²) < 4.78 is 13.5. The van der Waals surface area contributed by atoms with Crippen molar-refractivity contribution in [2.75, 3.05) is 19.7 Å². The van der Waals surface area contributed by atoms with Crippen LogP contribution in [0.3, 0.4) is 0 Å². The highest BCUT2D eigenvalue weighted by Gasteiger charge is 2.09. The monoisotopic (exact) mass is 284 g/mol. The van der Waals surface area contributed by atoms with Gasteiger partial charge in [-0.3, -0.25) is 4.90 Å². The van der Waals surface area contributed by atoms with E-state index >= 15 is 0 Å². The molecule has 0 fully saturated rings. The van der Waals surface area contributed by atoms with E-state index in [0.29, 0.717) is 13.1 Å². The first-order chi connectivity index (χ1) is 9.08. The predicted molar refractivity (Wildman–Crippen MR) is 79.6 cm³/mol. The van der Waals surface area contributed by atoms with E-state index in [-0.39, 0.29) is 17.2 Å². The van der Waals surface area contributed by atoms with Crippen molar-refractivity contribution in [2.24, 2.45) is 5.73 Å². The third kappa shape index (κ3) is 5.22. The van der Waals surface area contributed by atoms with Gasteiger partial charge in [-0.2, -0.15) is 0 Å². The molecule has 0 bridgehead atoms. The van der Waals surface area contributed by atoms with Crippen molar-refractivity contribution in [1.29, 1.82) is 0 Å². The standard InChI is InChI=1S/C14H21FN2OS/c1-2-3-6-17(7-8-18)10-11-4-5-13(15)12(9-11)14(16)19/h4-5,9,18H,2-3,6-8,10H2,1H3,(H2,16,19). The van der Waals surface area contributed by atoms with Gasteiger partial charge in [0, 0.05) is 18.7 Å². The van der Waals surface area contributed by atoms with Crippen LogP contribution in [0.1, 0.15) is 30.9 Å². The minimum atomic E-state index is -0.390. The van der Waals surface area contributed by atoms with E-state index in [1.54, 1.807) is 12.1 Å². The minimum Gasteiger partial charge on any atom is -0.395 e. The number of aliphatic hydroxyl groups is 1. The Balaban J connectivity index is 2.78. The average Bonchev–Trinajstić information content (AvgIpc) is 2.38. The number of aliphatic hydroxyl groups excluding tert-OH is 1. The lowest BCUT2D eigenvalue weighted by atomic mass is 10.1. The Labute approximate surface area is 119 Å². The summed E-state index contributed by atoms with van der Waals surface area (Å²) in [6.45, 7) is 4.43. The molecular formula is C14H21FN2OS. The second-order valence-corrected chi connectivity index (χ2v) is 4.97. The molecular weight excluding hydrogens is 263 g/mol. The topological polar surface area (TPSA) is 49.5 Å². The first-order valence-electron chi connectivity index (χ1n) is 6.50. The Morgan fingerprint density at radius 2 is 2.16 bits per heavy atom. The Bertz CT molecular complexity index is 426. The molecule has 0 saturated carbocycles. The van der Waals surface area contributed by atoms with E-state index in [2.05, 4.69) is 11.8 Å². The van der Waals surface area contributed by atoms with Crippen LogP contribution in [0.4, 0.5) is 4.39 Å². The van der Waals surface area contributed by atoms with Crippen LogP contribution in [0.5, 0.6) is 0 Å². The molecule has 3 nitrogen and oxygen atoms in total. The minimum absolute atomic E-state index is 0.0709. The van der Waals surface area contributed by atoms with E-state index in [9.17, 15) is 4.39 Å². The SMILES string of the molecule is CCCCN(CCO)Cc1ccc(F)c(C(N)=S)c1. The van der Waals surface area contributed by atoms with E-state index in [4.69, 9.17) is 23.1 Å². The van der Waals surface area contributed by atoms with Gasteiger partial charge in [0.2, 0.25) is 0 Å². The molecule has 19 heavy (non-hydrogen) atoms. The van der Waals surface area contributed by atoms with E-state index in [0.717, 1.165) is 24.9 Å². The van der Waals surface area contributed by atoms with Crippen LogP contribution in [0.25, 0.3) is 0 Å². The van der Waals surface area contributed by atoms with Crippen LogP contribution < -0.4 is 5.73 Å². The van der Waals surface area contributed by atoms with Gasteiger partial charge in [-0.1, -0.05) is 31.6 Å². The fraction of sp³-hybridized carbons (Fsp3) is 0.500. The number of nitrogens with zero attached hydrogens (tertiary/aromatic N) is 1. The Kier molecular flexibility index (Phi) is 6.91. The van der Waals surface area contributed by atoms with Gasteiger partial charge < -0.3 is 10.8 Å². The molecule has 0 saturated heterocycles. The molecule has 0 aliphatic heterocycles. The summed E-state index contributed by atoms with van der Waals surface area (Å²) in [5.41, 5.74) is 6.73. The van der Waals surface area contributed by atoms with E-state index in [1.165, 1.54) is 6.07 Å². The van der Waals surface area contributed by atoms with E-state index < -0.39 is 5.82 Å². The van der Waals surface area contributed by atoms with Gasteiger partial charge in [-0.05, 0) is 30.7 Å². The molecule has 0 amide bonds. The zero-order valence-corrected chi connectivity index (χ0v) is 12.0. The van der Waals surface area contributed by atoms with Crippen LogP contribution in [0.2, 0.25) is 0 Å². The van der Waals surface area contributed by atoms with Crippen molar-refractivity contribution >= 4 is 17.2 Å². The summed E-state index contributed by atoms with van der Waals surface area (Å²) in [5, 5.41) is 9.06. The third-order valence-corrected chi connectivity index (χ3v) is 3.17. The van der Waals surface area contributed by atoms with Crippen molar-refractivity contribution in [2.45, 2.75) is 26.3 Å².